The lowest BCUT2D eigenvalue weighted by molar-refractivity contribution is -0.116. The SMILES string of the molecule is O=C(Cn1cc(-c2ccnc(CO)c2)cn1)Nc1ccc(-c2cnccn2)cn1. The molecule has 9 nitrogen and oxygen atoms in total. The van der Waals surface area contributed by atoms with Crippen LogP contribution in [0.4, 0.5) is 5.82 Å². The Morgan fingerprint density at radius 3 is 2.66 bits per heavy atom. The van der Waals surface area contributed by atoms with Crippen LogP contribution in [0.3, 0.4) is 0 Å². The number of pyridine rings is 2. The van der Waals surface area contributed by atoms with Gasteiger partial charge in [-0.05, 0) is 29.8 Å². The van der Waals surface area contributed by atoms with E-state index >= 15 is 0 Å². The molecule has 0 saturated heterocycles. The number of rotatable bonds is 6. The number of carbonyl (C=O) groups excluding carboxylic acids is 1. The van der Waals surface area contributed by atoms with Crippen molar-refractivity contribution in [3.05, 3.63) is 73.3 Å². The van der Waals surface area contributed by atoms with Gasteiger partial charge in [-0.3, -0.25) is 24.4 Å². The first-order valence-corrected chi connectivity index (χ1v) is 8.82. The molecule has 0 fully saturated rings. The maximum atomic E-state index is 12.3. The van der Waals surface area contributed by atoms with Crippen LogP contribution in [0.15, 0.2) is 67.6 Å². The molecule has 29 heavy (non-hydrogen) atoms. The third-order valence-corrected chi connectivity index (χ3v) is 4.14. The Balaban J connectivity index is 1.39. The van der Waals surface area contributed by atoms with Crippen LogP contribution in [0.25, 0.3) is 22.4 Å². The van der Waals surface area contributed by atoms with Crippen molar-refractivity contribution in [3.63, 3.8) is 0 Å². The van der Waals surface area contributed by atoms with Crippen molar-refractivity contribution in [3.8, 4) is 22.4 Å². The number of aromatic nitrogens is 6. The summed E-state index contributed by atoms with van der Waals surface area (Å²) in [5, 5.41) is 16.2. The Hall–Kier alpha value is -3.98. The molecule has 144 valence electrons. The van der Waals surface area contributed by atoms with Crippen LogP contribution in [0.2, 0.25) is 0 Å². The minimum Gasteiger partial charge on any atom is -0.390 e. The van der Waals surface area contributed by atoms with Crippen molar-refractivity contribution in [1.82, 2.24) is 29.7 Å². The van der Waals surface area contributed by atoms with Gasteiger partial charge in [-0.2, -0.15) is 5.10 Å². The maximum Gasteiger partial charge on any atom is 0.247 e. The molecule has 2 N–H and O–H groups in total. The van der Waals surface area contributed by atoms with E-state index in [4.69, 9.17) is 0 Å². The van der Waals surface area contributed by atoms with E-state index < -0.39 is 0 Å². The summed E-state index contributed by atoms with van der Waals surface area (Å²) in [6, 6.07) is 7.14. The zero-order valence-electron chi connectivity index (χ0n) is 15.3. The van der Waals surface area contributed by atoms with Gasteiger partial charge in [0.1, 0.15) is 12.4 Å². The molecule has 0 atom stereocenters. The Morgan fingerprint density at radius 1 is 0.966 bits per heavy atom. The molecule has 0 radical (unpaired) electrons. The molecule has 4 aromatic rings. The Labute approximate surface area is 166 Å². The lowest BCUT2D eigenvalue weighted by Crippen LogP contribution is -2.19. The molecule has 9 heteroatoms. The first-order chi connectivity index (χ1) is 14.2. The van der Waals surface area contributed by atoms with Crippen LogP contribution in [0, 0.1) is 0 Å². The molecule has 0 saturated carbocycles. The molecule has 4 heterocycles. The lowest BCUT2D eigenvalue weighted by Gasteiger charge is -2.06. The quantitative estimate of drug-likeness (QED) is 0.519. The number of aliphatic hydroxyl groups excluding tert-OH is 1. The fourth-order valence-electron chi connectivity index (χ4n) is 2.74. The molecule has 0 spiro atoms. The number of carbonyl (C=O) groups is 1. The average Bonchev–Trinajstić information content (AvgIpc) is 3.23. The van der Waals surface area contributed by atoms with Crippen molar-refractivity contribution in [2.45, 2.75) is 13.2 Å². The van der Waals surface area contributed by atoms with Gasteiger partial charge in [-0.25, -0.2) is 4.98 Å². The van der Waals surface area contributed by atoms with E-state index in [0.717, 1.165) is 16.7 Å². The number of hydrogen-bond acceptors (Lipinski definition) is 7. The first kappa shape index (κ1) is 18.4. The number of anilines is 1. The molecule has 0 unspecified atom stereocenters. The number of nitrogens with one attached hydrogen (secondary N) is 1. The fraction of sp³-hybridized carbons (Fsp3) is 0.100. The van der Waals surface area contributed by atoms with Gasteiger partial charge < -0.3 is 10.4 Å². The van der Waals surface area contributed by atoms with Crippen molar-refractivity contribution < 1.29 is 9.90 Å². The van der Waals surface area contributed by atoms with E-state index in [2.05, 4.69) is 30.4 Å². The molecule has 0 aromatic carbocycles. The Bertz CT molecular complexity index is 1110. The molecule has 0 aliphatic carbocycles. The monoisotopic (exact) mass is 387 g/mol. The van der Waals surface area contributed by atoms with E-state index in [1.807, 2.05) is 12.1 Å². The summed E-state index contributed by atoms with van der Waals surface area (Å²) in [4.78, 5) is 28.9. The summed E-state index contributed by atoms with van der Waals surface area (Å²) in [5.41, 5.74) is 3.80. The standard InChI is InChI=1S/C20H17N7O2/c28-13-17-7-14(3-4-22-17)16-9-25-27(11-16)12-20(29)26-19-2-1-15(8-24-19)18-10-21-5-6-23-18/h1-11,28H,12-13H2,(H,24,26,29). The van der Waals surface area contributed by atoms with Gasteiger partial charge in [0.15, 0.2) is 0 Å². The zero-order valence-corrected chi connectivity index (χ0v) is 15.3. The predicted octanol–water partition coefficient (Wildman–Crippen LogP) is 1.93. The molecule has 0 bridgehead atoms. The second-order valence-electron chi connectivity index (χ2n) is 6.19. The summed E-state index contributed by atoms with van der Waals surface area (Å²) >= 11 is 0. The van der Waals surface area contributed by atoms with Crippen molar-refractivity contribution in [1.29, 1.82) is 0 Å². The summed E-state index contributed by atoms with van der Waals surface area (Å²) < 4.78 is 1.54. The topological polar surface area (TPSA) is 119 Å². The van der Waals surface area contributed by atoms with Crippen LogP contribution in [-0.4, -0.2) is 40.7 Å². The number of hydrogen-bond donors (Lipinski definition) is 2. The van der Waals surface area contributed by atoms with Gasteiger partial charge in [-0.15, -0.1) is 0 Å². The molecule has 0 aliphatic rings. The first-order valence-electron chi connectivity index (χ1n) is 8.82. The third-order valence-electron chi connectivity index (χ3n) is 4.14. The van der Waals surface area contributed by atoms with E-state index in [1.165, 1.54) is 4.68 Å². The highest BCUT2D eigenvalue weighted by atomic mass is 16.3. The van der Waals surface area contributed by atoms with E-state index in [1.54, 1.807) is 55.5 Å². The highest BCUT2D eigenvalue weighted by molar-refractivity contribution is 5.89. The van der Waals surface area contributed by atoms with Crippen molar-refractivity contribution in [2.75, 3.05) is 5.32 Å². The zero-order chi connectivity index (χ0) is 20.1. The Morgan fingerprint density at radius 2 is 1.90 bits per heavy atom. The summed E-state index contributed by atoms with van der Waals surface area (Å²) in [7, 11) is 0. The second-order valence-corrected chi connectivity index (χ2v) is 6.19. The molecule has 1 amide bonds. The van der Waals surface area contributed by atoms with Gasteiger partial charge in [0, 0.05) is 42.1 Å². The number of nitrogens with zero attached hydrogens (tertiary/aromatic N) is 6. The molecule has 4 aromatic heterocycles. The molecule has 4 rings (SSSR count). The largest absolute Gasteiger partial charge is 0.390 e. The van der Waals surface area contributed by atoms with Crippen LogP contribution in [0.1, 0.15) is 5.69 Å². The minimum atomic E-state index is -0.245. The van der Waals surface area contributed by atoms with Gasteiger partial charge in [0.2, 0.25) is 5.91 Å². The van der Waals surface area contributed by atoms with Crippen LogP contribution >= 0.6 is 0 Å². The van der Waals surface area contributed by atoms with Gasteiger partial charge in [0.25, 0.3) is 0 Å². The third kappa shape index (κ3) is 4.47. The molecular formula is C20H17N7O2. The predicted molar refractivity (Wildman–Crippen MR) is 105 cm³/mol. The Kier molecular flexibility index (Phi) is 5.30. The van der Waals surface area contributed by atoms with Gasteiger partial charge >= 0.3 is 0 Å². The fourth-order valence-corrected chi connectivity index (χ4v) is 2.74. The highest BCUT2D eigenvalue weighted by Crippen LogP contribution is 2.19. The number of aliphatic hydroxyl groups is 1. The van der Waals surface area contributed by atoms with Crippen LogP contribution in [0.5, 0.6) is 0 Å². The average molecular weight is 387 g/mol. The van der Waals surface area contributed by atoms with E-state index in [0.29, 0.717) is 17.2 Å². The molecular weight excluding hydrogens is 370 g/mol. The van der Waals surface area contributed by atoms with Gasteiger partial charge in [0.05, 0.1) is 30.4 Å². The minimum absolute atomic E-state index is 0.0472. The van der Waals surface area contributed by atoms with Crippen LogP contribution < -0.4 is 5.32 Å². The summed E-state index contributed by atoms with van der Waals surface area (Å²) in [6.45, 7) is -0.0848. The van der Waals surface area contributed by atoms with Crippen molar-refractivity contribution >= 4 is 11.7 Å². The smallest absolute Gasteiger partial charge is 0.247 e. The summed E-state index contributed by atoms with van der Waals surface area (Å²) in [5.74, 6) is 0.196. The van der Waals surface area contributed by atoms with Crippen molar-refractivity contribution in [2.24, 2.45) is 0 Å². The van der Waals surface area contributed by atoms with E-state index in [9.17, 15) is 9.90 Å². The lowest BCUT2D eigenvalue weighted by atomic mass is 10.1. The number of amides is 1. The van der Waals surface area contributed by atoms with E-state index in [-0.39, 0.29) is 19.1 Å². The second kappa shape index (κ2) is 8.36. The van der Waals surface area contributed by atoms with Crippen LogP contribution in [-0.2, 0) is 17.9 Å². The normalized spacial score (nSPS) is 10.7. The maximum absolute atomic E-state index is 12.3. The highest BCUT2D eigenvalue weighted by Gasteiger charge is 2.09. The summed E-state index contributed by atoms with van der Waals surface area (Å²) in [6.07, 6.45) is 11.6. The molecule has 0 aliphatic heterocycles. The van der Waals surface area contributed by atoms with Gasteiger partial charge in [-0.1, -0.05) is 0 Å².